The molecule has 1 aromatic heterocycles. The minimum absolute atomic E-state index is 0.0709. The maximum absolute atomic E-state index is 11.4. The summed E-state index contributed by atoms with van der Waals surface area (Å²) in [5.41, 5.74) is -0.0891. The molecule has 9 heteroatoms. The number of oxazole rings is 1. The molecule has 138 valence electrons. The number of sulfonamides is 1. The predicted molar refractivity (Wildman–Crippen MR) is 95.5 cm³/mol. The fraction of sp³-hybridized carbons (Fsp3) is 0.733. The van der Waals surface area contributed by atoms with Crippen LogP contribution in [0, 0.1) is 0 Å². The van der Waals surface area contributed by atoms with E-state index < -0.39 is 10.0 Å². The number of nitrogens with zero attached hydrogens (tertiary/aromatic N) is 2. The Bertz CT molecular complexity index is 632. The molecule has 3 N–H and O–H groups in total. The molecule has 0 aliphatic carbocycles. The monoisotopic (exact) mass is 359 g/mol. The van der Waals surface area contributed by atoms with Gasteiger partial charge >= 0.3 is 0 Å². The Hall–Kier alpha value is -1.61. The van der Waals surface area contributed by atoms with Crippen molar-refractivity contribution in [2.45, 2.75) is 46.6 Å². The third-order valence-electron chi connectivity index (χ3n) is 3.13. The Morgan fingerprint density at radius 1 is 1.25 bits per heavy atom. The van der Waals surface area contributed by atoms with Gasteiger partial charge in [0.2, 0.25) is 15.9 Å². The van der Waals surface area contributed by atoms with Crippen LogP contribution in [0.5, 0.6) is 0 Å². The molecule has 0 saturated carbocycles. The van der Waals surface area contributed by atoms with Crippen molar-refractivity contribution >= 4 is 16.0 Å². The first-order valence-electron chi connectivity index (χ1n) is 8.12. The highest BCUT2D eigenvalue weighted by Crippen LogP contribution is 2.22. The summed E-state index contributed by atoms with van der Waals surface area (Å²) in [6, 6.07) is 0. The van der Waals surface area contributed by atoms with Crippen molar-refractivity contribution in [3.63, 3.8) is 0 Å². The highest BCUT2D eigenvalue weighted by Gasteiger charge is 2.19. The zero-order valence-electron chi connectivity index (χ0n) is 15.1. The van der Waals surface area contributed by atoms with Gasteiger partial charge in [-0.05, 0) is 13.8 Å². The van der Waals surface area contributed by atoms with E-state index in [-0.39, 0.29) is 11.2 Å². The van der Waals surface area contributed by atoms with Gasteiger partial charge in [-0.1, -0.05) is 20.8 Å². The molecular formula is C15H29N5O3S. The van der Waals surface area contributed by atoms with Gasteiger partial charge in [-0.2, -0.15) is 0 Å². The SMILES string of the molecule is CCNC(=NCc1ncc(C(C)(C)C)o1)NCCNS(=O)(=O)CC. The summed E-state index contributed by atoms with van der Waals surface area (Å²) in [6.45, 7) is 11.5. The molecule has 0 bridgehead atoms. The van der Waals surface area contributed by atoms with Crippen molar-refractivity contribution in [2.24, 2.45) is 4.99 Å². The van der Waals surface area contributed by atoms with Gasteiger partial charge in [0, 0.05) is 25.0 Å². The minimum Gasteiger partial charge on any atom is -0.443 e. The van der Waals surface area contributed by atoms with Gasteiger partial charge < -0.3 is 15.1 Å². The van der Waals surface area contributed by atoms with Gasteiger partial charge in [-0.3, -0.25) is 0 Å². The number of rotatable bonds is 8. The van der Waals surface area contributed by atoms with Gasteiger partial charge in [0.1, 0.15) is 12.3 Å². The number of aromatic nitrogens is 1. The van der Waals surface area contributed by atoms with Crippen LogP contribution in [0.4, 0.5) is 0 Å². The summed E-state index contributed by atoms with van der Waals surface area (Å²) in [7, 11) is -3.17. The molecule has 8 nitrogen and oxygen atoms in total. The normalized spacial score (nSPS) is 13.1. The van der Waals surface area contributed by atoms with Crippen LogP contribution >= 0.6 is 0 Å². The Morgan fingerprint density at radius 3 is 2.50 bits per heavy atom. The summed E-state index contributed by atoms with van der Waals surface area (Å²) < 4.78 is 30.9. The predicted octanol–water partition coefficient (Wildman–Crippen LogP) is 0.967. The molecule has 1 aromatic rings. The molecule has 0 saturated heterocycles. The first-order chi connectivity index (χ1) is 11.2. The van der Waals surface area contributed by atoms with Gasteiger partial charge in [0.05, 0.1) is 11.9 Å². The number of aliphatic imine (C=N–C) groups is 1. The average molecular weight is 359 g/mol. The highest BCUT2D eigenvalue weighted by atomic mass is 32.2. The van der Waals surface area contributed by atoms with Gasteiger partial charge in [0.15, 0.2) is 5.96 Å². The van der Waals surface area contributed by atoms with Crippen molar-refractivity contribution in [3.8, 4) is 0 Å². The Labute approximate surface area is 144 Å². The standard InChI is InChI=1S/C15H29N5O3S/c1-6-16-14(17-8-9-20-24(21,22)7-2)19-11-13-18-10-12(23-13)15(3,4)5/h10,20H,6-9,11H2,1-5H3,(H2,16,17,19). The Morgan fingerprint density at radius 2 is 1.96 bits per heavy atom. The summed E-state index contributed by atoms with van der Waals surface area (Å²) in [6.07, 6.45) is 1.73. The topological polar surface area (TPSA) is 109 Å². The molecule has 0 aromatic carbocycles. The molecule has 0 fully saturated rings. The van der Waals surface area contributed by atoms with E-state index in [0.717, 1.165) is 5.76 Å². The molecule has 0 radical (unpaired) electrons. The maximum Gasteiger partial charge on any atom is 0.216 e. The molecule has 0 amide bonds. The van der Waals surface area contributed by atoms with Crippen molar-refractivity contribution in [1.82, 2.24) is 20.3 Å². The van der Waals surface area contributed by atoms with E-state index in [4.69, 9.17) is 4.42 Å². The van der Waals surface area contributed by atoms with Crippen LogP contribution < -0.4 is 15.4 Å². The van der Waals surface area contributed by atoms with Crippen LogP contribution in [0.2, 0.25) is 0 Å². The third-order valence-corrected chi connectivity index (χ3v) is 4.53. The van der Waals surface area contributed by atoms with Crippen molar-refractivity contribution < 1.29 is 12.8 Å². The van der Waals surface area contributed by atoms with Crippen LogP contribution in [-0.2, 0) is 22.0 Å². The van der Waals surface area contributed by atoms with E-state index >= 15 is 0 Å². The van der Waals surface area contributed by atoms with Crippen molar-refractivity contribution in [3.05, 3.63) is 17.8 Å². The van der Waals surface area contributed by atoms with E-state index in [0.29, 0.717) is 38.0 Å². The van der Waals surface area contributed by atoms with Gasteiger partial charge in [-0.15, -0.1) is 0 Å². The molecule has 0 aliphatic heterocycles. The van der Waals surface area contributed by atoms with E-state index in [1.54, 1.807) is 13.1 Å². The average Bonchev–Trinajstić information content (AvgIpc) is 2.98. The molecule has 0 unspecified atom stereocenters. The van der Waals surface area contributed by atoms with Crippen LogP contribution in [0.1, 0.15) is 46.3 Å². The summed E-state index contributed by atoms with van der Waals surface area (Å²) in [4.78, 5) is 8.63. The Balaban J connectivity index is 2.55. The van der Waals surface area contributed by atoms with Crippen LogP contribution in [0.15, 0.2) is 15.6 Å². The highest BCUT2D eigenvalue weighted by molar-refractivity contribution is 7.89. The minimum atomic E-state index is -3.17. The second-order valence-corrected chi connectivity index (χ2v) is 8.38. The smallest absolute Gasteiger partial charge is 0.216 e. The van der Waals surface area contributed by atoms with Gasteiger partial charge in [0.25, 0.3) is 0 Å². The fourth-order valence-corrected chi connectivity index (χ4v) is 2.33. The van der Waals surface area contributed by atoms with Crippen LogP contribution in [0.25, 0.3) is 0 Å². The molecule has 1 rings (SSSR count). The molecule has 24 heavy (non-hydrogen) atoms. The summed E-state index contributed by atoms with van der Waals surface area (Å²) in [5, 5.41) is 6.16. The summed E-state index contributed by atoms with van der Waals surface area (Å²) in [5.74, 6) is 2.02. The molecule has 0 aliphatic rings. The molecule has 1 heterocycles. The number of hydrogen-bond donors (Lipinski definition) is 3. The van der Waals surface area contributed by atoms with E-state index in [1.807, 2.05) is 6.92 Å². The quantitative estimate of drug-likeness (QED) is 0.362. The first-order valence-corrected chi connectivity index (χ1v) is 9.78. The lowest BCUT2D eigenvalue weighted by Crippen LogP contribution is -2.41. The van der Waals surface area contributed by atoms with Crippen LogP contribution in [-0.4, -0.2) is 44.7 Å². The van der Waals surface area contributed by atoms with E-state index in [2.05, 4.69) is 46.1 Å². The van der Waals surface area contributed by atoms with Crippen molar-refractivity contribution in [1.29, 1.82) is 0 Å². The van der Waals surface area contributed by atoms with E-state index in [9.17, 15) is 8.42 Å². The lowest BCUT2D eigenvalue weighted by Gasteiger charge is -2.13. The zero-order chi connectivity index (χ0) is 18.2. The maximum atomic E-state index is 11.4. The van der Waals surface area contributed by atoms with Crippen LogP contribution in [0.3, 0.4) is 0 Å². The molecule has 0 spiro atoms. The molecule has 0 atom stereocenters. The van der Waals surface area contributed by atoms with Crippen molar-refractivity contribution in [2.75, 3.05) is 25.4 Å². The second kappa shape index (κ2) is 9.03. The van der Waals surface area contributed by atoms with Gasteiger partial charge in [-0.25, -0.2) is 23.1 Å². The summed E-state index contributed by atoms with van der Waals surface area (Å²) >= 11 is 0. The molecular weight excluding hydrogens is 330 g/mol. The van der Waals surface area contributed by atoms with E-state index in [1.165, 1.54) is 0 Å². The first kappa shape index (κ1) is 20.4. The number of nitrogens with one attached hydrogen (secondary N) is 3. The number of guanidine groups is 1. The fourth-order valence-electron chi connectivity index (χ4n) is 1.71. The number of hydrogen-bond acceptors (Lipinski definition) is 5. The lowest BCUT2D eigenvalue weighted by atomic mass is 9.94. The largest absolute Gasteiger partial charge is 0.443 e. The Kier molecular flexibility index (Phi) is 7.68. The lowest BCUT2D eigenvalue weighted by molar-refractivity contribution is 0.383. The second-order valence-electron chi connectivity index (χ2n) is 6.29. The zero-order valence-corrected chi connectivity index (χ0v) is 16.0. The third kappa shape index (κ3) is 7.31.